The first-order valence-electron chi connectivity index (χ1n) is 9.22. The summed E-state index contributed by atoms with van der Waals surface area (Å²) in [6, 6.07) is 7.99. The summed E-state index contributed by atoms with van der Waals surface area (Å²) in [5, 5.41) is 16.2. The number of nitrogens with one attached hydrogen (secondary N) is 2. The number of anilines is 1. The lowest BCUT2D eigenvalue weighted by atomic mass is 10.1. The average Bonchev–Trinajstić information content (AvgIpc) is 3.44. The first kappa shape index (κ1) is 17.1. The van der Waals surface area contributed by atoms with Crippen molar-refractivity contribution in [2.24, 2.45) is 0 Å². The number of H-pyrrole nitrogens is 1. The standard InChI is InChI=1S/C19H18ClN7O/c20-13-4-1-11(2-5-13)7-16-25-19(28-27-16)12-3-6-14(8-12)24-17-15-9-23-26-18(15)22-10-21-17/h1-2,4-5,9-10,12,14H,3,6-8H2,(H2,21,22,23,24,26)/t12-,14-/m0/s1. The van der Waals surface area contributed by atoms with Gasteiger partial charge in [-0.2, -0.15) is 10.1 Å². The van der Waals surface area contributed by atoms with E-state index in [4.69, 9.17) is 16.1 Å². The number of hydrogen-bond donors (Lipinski definition) is 2. The van der Waals surface area contributed by atoms with Gasteiger partial charge in [-0.3, -0.25) is 5.10 Å². The minimum atomic E-state index is 0.255. The molecule has 5 rings (SSSR count). The van der Waals surface area contributed by atoms with Gasteiger partial charge in [0.25, 0.3) is 0 Å². The number of aromatic amines is 1. The van der Waals surface area contributed by atoms with Crippen LogP contribution >= 0.6 is 11.6 Å². The molecule has 3 aromatic heterocycles. The second kappa shape index (κ2) is 7.20. The Morgan fingerprint density at radius 3 is 2.96 bits per heavy atom. The van der Waals surface area contributed by atoms with Gasteiger partial charge in [0.05, 0.1) is 11.6 Å². The fraction of sp³-hybridized carbons (Fsp3) is 0.316. The smallest absolute Gasteiger partial charge is 0.229 e. The first-order valence-corrected chi connectivity index (χ1v) is 9.60. The summed E-state index contributed by atoms with van der Waals surface area (Å²) in [6.07, 6.45) is 6.85. The lowest BCUT2D eigenvalue weighted by Crippen LogP contribution is -2.16. The number of rotatable bonds is 5. The minimum absolute atomic E-state index is 0.255. The van der Waals surface area contributed by atoms with E-state index in [1.165, 1.54) is 6.33 Å². The molecule has 142 valence electrons. The van der Waals surface area contributed by atoms with E-state index in [2.05, 4.69) is 35.6 Å². The first-order chi connectivity index (χ1) is 13.7. The van der Waals surface area contributed by atoms with E-state index >= 15 is 0 Å². The number of nitrogens with zero attached hydrogens (tertiary/aromatic N) is 5. The van der Waals surface area contributed by atoms with Crippen LogP contribution in [0.2, 0.25) is 5.02 Å². The Morgan fingerprint density at radius 1 is 1.18 bits per heavy atom. The van der Waals surface area contributed by atoms with Gasteiger partial charge in [-0.05, 0) is 37.0 Å². The van der Waals surface area contributed by atoms with E-state index in [-0.39, 0.29) is 5.92 Å². The molecule has 0 aliphatic heterocycles. The Bertz CT molecular complexity index is 1090. The van der Waals surface area contributed by atoms with Gasteiger partial charge in [-0.25, -0.2) is 9.97 Å². The Labute approximate surface area is 165 Å². The van der Waals surface area contributed by atoms with Crippen LogP contribution in [-0.2, 0) is 6.42 Å². The molecule has 9 heteroatoms. The number of benzene rings is 1. The quantitative estimate of drug-likeness (QED) is 0.530. The zero-order chi connectivity index (χ0) is 18.9. The van der Waals surface area contributed by atoms with Crippen molar-refractivity contribution < 1.29 is 4.52 Å². The summed E-state index contributed by atoms with van der Waals surface area (Å²) < 4.78 is 5.55. The summed E-state index contributed by atoms with van der Waals surface area (Å²) in [4.78, 5) is 13.1. The minimum Gasteiger partial charge on any atom is -0.367 e. The predicted molar refractivity (Wildman–Crippen MR) is 104 cm³/mol. The fourth-order valence-corrected chi connectivity index (χ4v) is 3.83. The van der Waals surface area contributed by atoms with Gasteiger partial charge in [-0.15, -0.1) is 0 Å². The molecule has 8 nitrogen and oxygen atoms in total. The summed E-state index contributed by atoms with van der Waals surface area (Å²) in [7, 11) is 0. The average molecular weight is 396 g/mol. The maximum atomic E-state index is 5.93. The molecule has 0 bridgehead atoms. The van der Waals surface area contributed by atoms with E-state index in [0.717, 1.165) is 46.7 Å². The van der Waals surface area contributed by atoms with Crippen molar-refractivity contribution in [2.75, 3.05) is 5.32 Å². The molecule has 1 aliphatic rings. The second-order valence-electron chi connectivity index (χ2n) is 7.06. The Hall–Kier alpha value is -3.00. The van der Waals surface area contributed by atoms with Gasteiger partial charge in [0.2, 0.25) is 5.89 Å². The van der Waals surface area contributed by atoms with Crippen molar-refractivity contribution in [2.45, 2.75) is 37.6 Å². The molecule has 3 heterocycles. The molecule has 1 saturated carbocycles. The van der Waals surface area contributed by atoms with Gasteiger partial charge in [0, 0.05) is 23.4 Å². The SMILES string of the molecule is Clc1ccc(Cc2noc([C@H]3CC[C@H](Nc4ncnc5[nH]ncc45)C3)n2)cc1. The molecule has 0 unspecified atom stereocenters. The van der Waals surface area contributed by atoms with Gasteiger partial charge in [0.1, 0.15) is 12.1 Å². The summed E-state index contributed by atoms with van der Waals surface area (Å²) in [6.45, 7) is 0. The molecule has 0 radical (unpaired) electrons. The van der Waals surface area contributed by atoms with Crippen LogP contribution in [0.1, 0.15) is 42.5 Å². The Kier molecular flexibility index (Phi) is 4.40. The highest BCUT2D eigenvalue weighted by Gasteiger charge is 2.30. The number of halogens is 1. The molecule has 1 aromatic carbocycles. The van der Waals surface area contributed by atoms with Gasteiger partial charge in [-0.1, -0.05) is 28.9 Å². The summed E-state index contributed by atoms with van der Waals surface area (Å²) >= 11 is 5.93. The summed E-state index contributed by atoms with van der Waals surface area (Å²) in [5.41, 5.74) is 1.84. The molecular weight excluding hydrogens is 378 g/mol. The monoisotopic (exact) mass is 395 g/mol. The van der Waals surface area contributed by atoms with Gasteiger partial charge >= 0.3 is 0 Å². The third-order valence-electron chi connectivity index (χ3n) is 5.13. The van der Waals surface area contributed by atoms with Gasteiger partial charge in [0.15, 0.2) is 11.5 Å². The number of aromatic nitrogens is 6. The van der Waals surface area contributed by atoms with E-state index in [1.807, 2.05) is 24.3 Å². The lowest BCUT2D eigenvalue weighted by Gasteiger charge is -2.13. The highest BCUT2D eigenvalue weighted by atomic mass is 35.5. The van der Waals surface area contributed by atoms with Gasteiger partial charge < -0.3 is 9.84 Å². The summed E-state index contributed by atoms with van der Waals surface area (Å²) in [5.74, 6) is 2.47. The highest BCUT2D eigenvalue weighted by molar-refractivity contribution is 6.30. The van der Waals surface area contributed by atoms with Crippen molar-refractivity contribution >= 4 is 28.5 Å². The molecular formula is C19H18ClN7O. The van der Waals surface area contributed by atoms with E-state index in [9.17, 15) is 0 Å². The van der Waals surface area contributed by atoms with Crippen LogP contribution in [0, 0.1) is 0 Å². The van der Waals surface area contributed by atoms with Crippen LogP contribution in [-0.4, -0.2) is 36.3 Å². The third-order valence-corrected chi connectivity index (χ3v) is 5.38. The fourth-order valence-electron chi connectivity index (χ4n) is 3.70. The molecule has 0 spiro atoms. The van der Waals surface area contributed by atoms with Crippen LogP contribution in [0.5, 0.6) is 0 Å². The molecule has 2 atom stereocenters. The largest absolute Gasteiger partial charge is 0.367 e. The molecule has 0 amide bonds. The van der Waals surface area contributed by atoms with Crippen LogP contribution in [0.15, 0.2) is 41.3 Å². The van der Waals surface area contributed by atoms with Crippen LogP contribution in [0.4, 0.5) is 5.82 Å². The normalized spacial score (nSPS) is 19.3. The third kappa shape index (κ3) is 3.43. The molecule has 0 saturated heterocycles. The van der Waals surface area contributed by atoms with Crippen molar-refractivity contribution in [3.8, 4) is 0 Å². The topological polar surface area (TPSA) is 105 Å². The van der Waals surface area contributed by atoms with Crippen molar-refractivity contribution in [1.29, 1.82) is 0 Å². The molecule has 1 aliphatic carbocycles. The molecule has 2 N–H and O–H groups in total. The maximum absolute atomic E-state index is 5.93. The van der Waals surface area contributed by atoms with E-state index in [0.29, 0.717) is 24.2 Å². The molecule has 1 fully saturated rings. The number of hydrogen-bond acceptors (Lipinski definition) is 7. The van der Waals surface area contributed by atoms with Crippen molar-refractivity contribution in [3.05, 3.63) is 59.1 Å². The Balaban J connectivity index is 1.24. The maximum Gasteiger partial charge on any atom is 0.229 e. The predicted octanol–water partition coefficient (Wildman–Crippen LogP) is 3.73. The zero-order valence-electron chi connectivity index (χ0n) is 15.0. The van der Waals surface area contributed by atoms with Crippen LogP contribution in [0.3, 0.4) is 0 Å². The van der Waals surface area contributed by atoms with Crippen molar-refractivity contribution in [3.63, 3.8) is 0 Å². The second-order valence-corrected chi connectivity index (χ2v) is 7.49. The Morgan fingerprint density at radius 2 is 2.07 bits per heavy atom. The highest BCUT2D eigenvalue weighted by Crippen LogP contribution is 2.35. The van der Waals surface area contributed by atoms with E-state index in [1.54, 1.807) is 6.20 Å². The van der Waals surface area contributed by atoms with Crippen LogP contribution < -0.4 is 5.32 Å². The number of fused-ring (bicyclic) bond motifs is 1. The van der Waals surface area contributed by atoms with E-state index < -0.39 is 0 Å². The molecule has 4 aromatic rings. The van der Waals surface area contributed by atoms with Crippen LogP contribution in [0.25, 0.3) is 11.0 Å². The van der Waals surface area contributed by atoms with Crippen molar-refractivity contribution in [1.82, 2.24) is 30.3 Å². The zero-order valence-corrected chi connectivity index (χ0v) is 15.7. The lowest BCUT2D eigenvalue weighted by molar-refractivity contribution is 0.350. The molecule has 28 heavy (non-hydrogen) atoms.